The minimum absolute atomic E-state index is 0.0695. The van der Waals surface area contributed by atoms with E-state index in [4.69, 9.17) is 4.74 Å². The Kier molecular flexibility index (Phi) is 4.34. The molecule has 0 spiro atoms. The molecule has 1 amide bonds. The van der Waals surface area contributed by atoms with Crippen molar-refractivity contribution in [3.05, 3.63) is 11.8 Å². The maximum Gasteiger partial charge on any atom is 0.306 e. The Bertz CT molecular complexity index is 531. The first-order chi connectivity index (χ1) is 9.74. The molecule has 2 rings (SSSR count). The molecule has 0 bridgehead atoms. The van der Waals surface area contributed by atoms with E-state index in [2.05, 4.69) is 22.4 Å². The predicted octanol–water partition coefficient (Wildman–Crippen LogP) is 2.59. The summed E-state index contributed by atoms with van der Waals surface area (Å²) >= 11 is 0. The van der Waals surface area contributed by atoms with Crippen molar-refractivity contribution in [3.8, 4) is 0 Å². The molecule has 1 saturated carbocycles. The van der Waals surface area contributed by atoms with Crippen LogP contribution in [0.1, 0.15) is 58.6 Å². The molecule has 0 unspecified atom stereocenters. The number of carbonyl (C=O) groups excluding carboxylic acids is 2. The number of nitrogens with zero attached hydrogens (tertiary/aromatic N) is 1. The maximum absolute atomic E-state index is 11.8. The number of carbonyl (C=O) groups is 2. The Morgan fingerprint density at radius 3 is 2.67 bits per heavy atom. The summed E-state index contributed by atoms with van der Waals surface area (Å²) in [6.45, 7) is 7.59. The Hall–Kier alpha value is -1.85. The van der Waals surface area contributed by atoms with Crippen LogP contribution in [0.3, 0.4) is 0 Å². The average Bonchev–Trinajstić information content (AvgIpc) is 2.89. The molecule has 0 saturated heterocycles. The van der Waals surface area contributed by atoms with Crippen LogP contribution < -0.4 is 5.32 Å². The maximum atomic E-state index is 11.8. The fourth-order valence-electron chi connectivity index (χ4n) is 2.16. The highest BCUT2D eigenvalue weighted by Crippen LogP contribution is 2.46. The van der Waals surface area contributed by atoms with Crippen molar-refractivity contribution in [3.63, 3.8) is 0 Å². The number of rotatable bonds is 5. The first-order valence-electron chi connectivity index (χ1n) is 7.31. The summed E-state index contributed by atoms with van der Waals surface area (Å²) in [5, 5.41) is 9.70. The monoisotopic (exact) mass is 293 g/mol. The zero-order valence-corrected chi connectivity index (χ0v) is 13.0. The van der Waals surface area contributed by atoms with E-state index in [1.54, 1.807) is 20.8 Å². The number of hydrogen-bond acceptors (Lipinski definition) is 4. The third-order valence-corrected chi connectivity index (χ3v) is 3.35. The molecule has 2 atom stereocenters. The van der Waals surface area contributed by atoms with Crippen molar-refractivity contribution >= 4 is 17.7 Å². The van der Waals surface area contributed by atoms with Crippen molar-refractivity contribution in [1.29, 1.82) is 0 Å². The summed E-state index contributed by atoms with van der Waals surface area (Å²) in [5.41, 5.74) is 0.538. The van der Waals surface area contributed by atoms with Gasteiger partial charge in [0.05, 0.1) is 6.42 Å². The molecule has 1 aliphatic rings. The van der Waals surface area contributed by atoms with E-state index in [1.165, 1.54) is 0 Å². The number of esters is 1. The van der Waals surface area contributed by atoms with E-state index in [1.807, 2.05) is 6.07 Å². The molecule has 1 aliphatic carbocycles. The number of aromatic nitrogens is 2. The molecule has 0 aromatic carbocycles. The summed E-state index contributed by atoms with van der Waals surface area (Å²) < 4.78 is 5.15. The Morgan fingerprint density at radius 2 is 2.10 bits per heavy atom. The highest BCUT2D eigenvalue weighted by atomic mass is 16.6. The average molecular weight is 293 g/mol. The summed E-state index contributed by atoms with van der Waals surface area (Å²) in [4.78, 5) is 23.3. The van der Waals surface area contributed by atoms with Crippen molar-refractivity contribution in [1.82, 2.24) is 10.2 Å². The Balaban J connectivity index is 1.74. The van der Waals surface area contributed by atoms with Gasteiger partial charge in [-0.15, -0.1) is 0 Å². The van der Waals surface area contributed by atoms with Crippen LogP contribution in [0, 0.1) is 5.92 Å². The molecule has 1 aromatic heterocycles. The molecule has 6 nitrogen and oxygen atoms in total. The van der Waals surface area contributed by atoms with Crippen molar-refractivity contribution < 1.29 is 14.3 Å². The summed E-state index contributed by atoms with van der Waals surface area (Å²) in [7, 11) is 0. The van der Waals surface area contributed by atoms with Crippen LogP contribution in [0.2, 0.25) is 0 Å². The third-order valence-electron chi connectivity index (χ3n) is 3.35. The van der Waals surface area contributed by atoms with Gasteiger partial charge in [-0.2, -0.15) is 5.10 Å². The molecule has 0 radical (unpaired) electrons. The van der Waals surface area contributed by atoms with E-state index in [0.717, 1.165) is 12.1 Å². The van der Waals surface area contributed by atoms with Gasteiger partial charge >= 0.3 is 5.97 Å². The van der Waals surface area contributed by atoms with E-state index < -0.39 is 5.60 Å². The molecule has 1 fully saturated rings. The SMILES string of the molecule is C[C@@H]1C[C@H]1c1cc(NC(=O)CCC(=O)OC(C)(C)C)n[nH]1. The van der Waals surface area contributed by atoms with Crippen LogP contribution in [-0.2, 0) is 14.3 Å². The van der Waals surface area contributed by atoms with Gasteiger partial charge in [-0.3, -0.25) is 14.7 Å². The van der Waals surface area contributed by atoms with E-state index in [9.17, 15) is 9.59 Å². The van der Waals surface area contributed by atoms with Gasteiger partial charge in [0.2, 0.25) is 5.91 Å². The molecule has 1 aromatic rings. The minimum Gasteiger partial charge on any atom is -0.460 e. The van der Waals surface area contributed by atoms with Crippen LogP contribution in [0.25, 0.3) is 0 Å². The van der Waals surface area contributed by atoms with Crippen LogP contribution in [-0.4, -0.2) is 27.7 Å². The summed E-state index contributed by atoms with van der Waals surface area (Å²) in [6.07, 6.45) is 1.32. The lowest BCUT2D eigenvalue weighted by Gasteiger charge is -2.19. The topological polar surface area (TPSA) is 84.1 Å². The molecule has 6 heteroatoms. The Morgan fingerprint density at radius 1 is 1.43 bits per heavy atom. The first kappa shape index (κ1) is 15.5. The van der Waals surface area contributed by atoms with Crippen LogP contribution in [0.5, 0.6) is 0 Å². The molecule has 2 N–H and O–H groups in total. The van der Waals surface area contributed by atoms with Gasteiger partial charge in [0.15, 0.2) is 5.82 Å². The van der Waals surface area contributed by atoms with Crippen LogP contribution >= 0.6 is 0 Å². The zero-order chi connectivity index (χ0) is 15.6. The summed E-state index contributed by atoms with van der Waals surface area (Å²) in [5.74, 6) is 1.12. The van der Waals surface area contributed by atoms with Gasteiger partial charge in [-0.1, -0.05) is 6.92 Å². The molecular formula is C15H23N3O3. The number of nitrogens with one attached hydrogen (secondary N) is 2. The lowest BCUT2D eigenvalue weighted by Crippen LogP contribution is -2.24. The number of aromatic amines is 1. The predicted molar refractivity (Wildman–Crippen MR) is 78.8 cm³/mol. The third kappa shape index (κ3) is 4.88. The second-order valence-corrected chi connectivity index (χ2v) is 6.66. The molecule has 1 heterocycles. The first-order valence-corrected chi connectivity index (χ1v) is 7.31. The summed E-state index contributed by atoms with van der Waals surface area (Å²) in [6, 6.07) is 1.86. The number of amides is 1. The second kappa shape index (κ2) is 5.87. The number of ether oxygens (including phenoxy) is 1. The van der Waals surface area contributed by atoms with Crippen LogP contribution in [0.15, 0.2) is 6.07 Å². The number of H-pyrrole nitrogens is 1. The Labute approximate surface area is 124 Å². The fraction of sp³-hybridized carbons (Fsp3) is 0.667. The highest BCUT2D eigenvalue weighted by Gasteiger charge is 2.35. The van der Waals surface area contributed by atoms with Crippen LogP contribution in [0.4, 0.5) is 5.82 Å². The highest BCUT2D eigenvalue weighted by molar-refractivity contribution is 5.91. The largest absolute Gasteiger partial charge is 0.460 e. The van der Waals surface area contributed by atoms with E-state index in [0.29, 0.717) is 17.7 Å². The van der Waals surface area contributed by atoms with Gasteiger partial charge in [0.25, 0.3) is 0 Å². The normalized spacial score (nSPS) is 21.0. The smallest absolute Gasteiger partial charge is 0.306 e. The quantitative estimate of drug-likeness (QED) is 0.817. The molecule has 0 aliphatic heterocycles. The van der Waals surface area contributed by atoms with Gasteiger partial charge < -0.3 is 10.1 Å². The number of hydrogen-bond donors (Lipinski definition) is 2. The van der Waals surface area contributed by atoms with E-state index >= 15 is 0 Å². The van der Waals surface area contributed by atoms with Crippen molar-refractivity contribution in [2.45, 2.75) is 58.5 Å². The lowest BCUT2D eigenvalue weighted by molar-refractivity contribution is -0.155. The van der Waals surface area contributed by atoms with Gasteiger partial charge in [0.1, 0.15) is 5.60 Å². The molecule has 116 valence electrons. The fourth-order valence-corrected chi connectivity index (χ4v) is 2.16. The lowest BCUT2D eigenvalue weighted by atomic mass is 10.2. The van der Waals surface area contributed by atoms with Crippen molar-refractivity contribution in [2.24, 2.45) is 5.92 Å². The van der Waals surface area contributed by atoms with E-state index in [-0.39, 0.29) is 24.7 Å². The van der Waals surface area contributed by atoms with Gasteiger partial charge in [-0.05, 0) is 33.1 Å². The zero-order valence-electron chi connectivity index (χ0n) is 13.0. The second-order valence-electron chi connectivity index (χ2n) is 6.66. The number of anilines is 1. The molecule has 21 heavy (non-hydrogen) atoms. The van der Waals surface area contributed by atoms with Crippen molar-refractivity contribution in [2.75, 3.05) is 5.32 Å². The standard InChI is InChI=1S/C15H23N3O3/c1-9-7-10(9)11-8-12(18-17-11)16-13(19)5-6-14(20)21-15(2,3)4/h8-10H,5-7H2,1-4H3,(H2,16,17,18,19)/t9-,10-/m1/s1. The van der Waals surface area contributed by atoms with Gasteiger partial charge in [-0.25, -0.2) is 0 Å². The minimum atomic E-state index is -0.522. The molecular weight excluding hydrogens is 270 g/mol. The van der Waals surface area contributed by atoms with Gasteiger partial charge in [0, 0.05) is 24.1 Å².